The number of anilines is 2. The summed E-state index contributed by atoms with van der Waals surface area (Å²) in [4.78, 5) is 7.37. The van der Waals surface area contributed by atoms with Crippen LogP contribution in [0.1, 0.15) is 12.8 Å². The third kappa shape index (κ3) is 5.05. The first-order valence-electron chi connectivity index (χ1n) is 11.3. The Kier molecular flexibility index (Phi) is 6.21. The van der Waals surface area contributed by atoms with Crippen LogP contribution in [0.3, 0.4) is 0 Å². The van der Waals surface area contributed by atoms with E-state index >= 15 is 0 Å². The molecule has 4 aromatic rings. The molecule has 8 nitrogen and oxygen atoms in total. The van der Waals surface area contributed by atoms with Gasteiger partial charge in [0.25, 0.3) is 0 Å². The van der Waals surface area contributed by atoms with Crippen LogP contribution in [0.4, 0.5) is 11.6 Å². The molecule has 2 aromatic carbocycles. The molecule has 0 aliphatic carbocycles. The highest BCUT2D eigenvalue weighted by atomic mass is 32.2. The Morgan fingerprint density at radius 2 is 1.74 bits per heavy atom. The number of nitrogens with zero attached hydrogens (tertiary/aromatic N) is 4. The van der Waals surface area contributed by atoms with Gasteiger partial charge < -0.3 is 10.1 Å². The van der Waals surface area contributed by atoms with Gasteiger partial charge in [-0.1, -0.05) is 12.1 Å². The van der Waals surface area contributed by atoms with E-state index in [0.717, 1.165) is 29.1 Å². The van der Waals surface area contributed by atoms with Crippen molar-refractivity contribution in [2.75, 3.05) is 37.8 Å². The molecule has 0 radical (unpaired) electrons. The number of likely N-dealkylation sites (tertiary alicyclic amines) is 1. The van der Waals surface area contributed by atoms with Crippen LogP contribution < -0.4 is 10.1 Å². The minimum absolute atomic E-state index is 0.287. The highest BCUT2D eigenvalue weighted by molar-refractivity contribution is 7.90. The van der Waals surface area contributed by atoms with Crippen molar-refractivity contribution in [1.29, 1.82) is 0 Å². The molecule has 1 fully saturated rings. The maximum atomic E-state index is 11.8. The predicted molar refractivity (Wildman–Crippen MR) is 132 cm³/mol. The Bertz CT molecular complexity index is 1380. The number of sulfone groups is 1. The zero-order valence-corrected chi connectivity index (χ0v) is 19.8. The van der Waals surface area contributed by atoms with E-state index < -0.39 is 9.84 Å². The number of rotatable bonds is 8. The second-order valence-electron chi connectivity index (χ2n) is 8.47. The molecule has 3 heterocycles. The van der Waals surface area contributed by atoms with E-state index in [-0.39, 0.29) is 4.90 Å². The molecule has 0 atom stereocenters. The second kappa shape index (κ2) is 9.44. The average Bonchev–Trinajstić information content (AvgIpc) is 3.49. The van der Waals surface area contributed by atoms with Gasteiger partial charge in [-0.25, -0.2) is 12.9 Å². The summed E-state index contributed by atoms with van der Waals surface area (Å²) in [6, 6.07) is 18.4. The van der Waals surface area contributed by atoms with Crippen molar-refractivity contribution < 1.29 is 13.2 Å². The highest BCUT2D eigenvalue weighted by Crippen LogP contribution is 2.26. The molecule has 1 saturated heterocycles. The number of ether oxygens (including phenoxy) is 1. The van der Waals surface area contributed by atoms with Gasteiger partial charge in [0, 0.05) is 30.2 Å². The maximum absolute atomic E-state index is 11.8. The molecule has 34 heavy (non-hydrogen) atoms. The summed E-state index contributed by atoms with van der Waals surface area (Å²) in [6.45, 7) is 4.00. The van der Waals surface area contributed by atoms with Crippen molar-refractivity contribution in [3.63, 3.8) is 0 Å². The van der Waals surface area contributed by atoms with E-state index in [0.29, 0.717) is 18.2 Å². The normalized spacial score (nSPS) is 14.5. The number of fused-ring (bicyclic) bond motifs is 1. The van der Waals surface area contributed by atoms with E-state index in [1.807, 2.05) is 42.6 Å². The molecule has 1 aliphatic rings. The van der Waals surface area contributed by atoms with Crippen LogP contribution in [-0.4, -0.2) is 60.4 Å². The van der Waals surface area contributed by atoms with Crippen molar-refractivity contribution in [2.24, 2.45) is 0 Å². The summed E-state index contributed by atoms with van der Waals surface area (Å²) in [7, 11) is -3.24. The number of nitrogens with one attached hydrogen (secondary N) is 1. The van der Waals surface area contributed by atoms with Crippen molar-refractivity contribution in [3.8, 4) is 16.9 Å². The summed E-state index contributed by atoms with van der Waals surface area (Å²) in [5.41, 5.74) is 3.28. The van der Waals surface area contributed by atoms with E-state index in [1.54, 1.807) is 28.8 Å². The number of benzene rings is 2. The zero-order valence-electron chi connectivity index (χ0n) is 19.0. The standard InChI is InChI=1S/C25H27N5O3S/c1-34(31,32)22-12-6-19(7-13-22)23-5-4-16-30-24(23)27-25(28-30)26-20-8-10-21(11-9-20)33-18-17-29-14-2-3-15-29/h4-13,16H,2-3,14-15,17-18H2,1H3,(H,26,28). The second-order valence-corrected chi connectivity index (χ2v) is 10.5. The quantitative estimate of drug-likeness (QED) is 0.410. The van der Waals surface area contributed by atoms with Crippen LogP contribution in [0, 0.1) is 0 Å². The molecular weight excluding hydrogens is 450 g/mol. The van der Waals surface area contributed by atoms with E-state index in [9.17, 15) is 8.42 Å². The molecule has 0 amide bonds. The van der Waals surface area contributed by atoms with Crippen molar-refractivity contribution in [2.45, 2.75) is 17.7 Å². The molecule has 0 spiro atoms. The molecule has 176 valence electrons. The van der Waals surface area contributed by atoms with Crippen LogP contribution in [0.2, 0.25) is 0 Å². The predicted octanol–water partition coefficient (Wildman–Crippen LogP) is 4.02. The fourth-order valence-corrected chi connectivity index (χ4v) is 4.76. The number of hydrogen-bond acceptors (Lipinski definition) is 7. The minimum atomic E-state index is -3.24. The lowest BCUT2D eigenvalue weighted by molar-refractivity contribution is 0.238. The molecule has 5 rings (SSSR count). The Labute approximate surface area is 199 Å². The molecule has 0 bridgehead atoms. The van der Waals surface area contributed by atoms with Crippen LogP contribution in [0.25, 0.3) is 16.8 Å². The fraction of sp³-hybridized carbons (Fsp3) is 0.280. The van der Waals surface area contributed by atoms with Gasteiger partial charge in [0.2, 0.25) is 5.95 Å². The van der Waals surface area contributed by atoms with E-state index in [4.69, 9.17) is 4.74 Å². The first-order chi connectivity index (χ1) is 16.5. The van der Waals surface area contributed by atoms with Gasteiger partial charge in [0.1, 0.15) is 12.4 Å². The van der Waals surface area contributed by atoms with E-state index in [1.165, 1.54) is 32.2 Å². The number of hydrogen-bond donors (Lipinski definition) is 1. The summed E-state index contributed by atoms with van der Waals surface area (Å²) in [5.74, 6) is 1.32. The summed E-state index contributed by atoms with van der Waals surface area (Å²) in [6.07, 6.45) is 5.61. The molecule has 0 unspecified atom stereocenters. The molecule has 2 aromatic heterocycles. The van der Waals surface area contributed by atoms with Crippen LogP contribution in [0.5, 0.6) is 5.75 Å². The van der Waals surface area contributed by atoms with Crippen LogP contribution >= 0.6 is 0 Å². The molecule has 1 N–H and O–H groups in total. The molecule has 0 saturated carbocycles. The number of aromatic nitrogens is 3. The van der Waals surface area contributed by atoms with Gasteiger partial charge in [-0.15, -0.1) is 5.10 Å². The zero-order chi connectivity index (χ0) is 23.5. The maximum Gasteiger partial charge on any atom is 0.247 e. The van der Waals surface area contributed by atoms with Crippen LogP contribution in [0.15, 0.2) is 71.8 Å². The molecular formula is C25H27N5O3S. The summed E-state index contributed by atoms with van der Waals surface area (Å²) < 4.78 is 31.1. The summed E-state index contributed by atoms with van der Waals surface area (Å²) >= 11 is 0. The first-order valence-corrected chi connectivity index (χ1v) is 13.2. The molecule has 1 aliphatic heterocycles. The third-order valence-electron chi connectivity index (χ3n) is 5.94. The Hall–Kier alpha value is -3.43. The summed E-state index contributed by atoms with van der Waals surface area (Å²) in [5, 5.41) is 7.77. The Morgan fingerprint density at radius 3 is 2.44 bits per heavy atom. The van der Waals surface area contributed by atoms with Gasteiger partial charge >= 0.3 is 0 Å². The fourth-order valence-electron chi connectivity index (χ4n) is 4.13. The van der Waals surface area contributed by atoms with Gasteiger partial charge in [-0.2, -0.15) is 4.98 Å². The average molecular weight is 478 g/mol. The minimum Gasteiger partial charge on any atom is -0.492 e. The van der Waals surface area contributed by atoms with Gasteiger partial charge in [0.05, 0.1) is 4.90 Å². The van der Waals surface area contributed by atoms with Crippen molar-refractivity contribution in [1.82, 2.24) is 19.5 Å². The largest absolute Gasteiger partial charge is 0.492 e. The van der Waals surface area contributed by atoms with Crippen molar-refractivity contribution in [3.05, 3.63) is 66.9 Å². The lowest BCUT2D eigenvalue weighted by atomic mass is 10.1. The Balaban J connectivity index is 1.28. The first kappa shape index (κ1) is 22.4. The third-order valence-corrected chi connectivity index (χ3v) is 7.07. The highest BCUT2D eigenvalue weighted by Gasteiger charge is 2.13. The molecule has 9 heteroatoms. The smallest absolute Gasteiger partial charge is 0.247 e. The van der Waals surface area contributed by atoms with Crippen molar-refractivity contribution >= 4 is 27.1 Å². The number of pyridine rings is 1. The topological polar surface area (TPSA) is 88.8 Å². The monoisotopic (exact) mass is 477 g/mol. The van der Waals surface area contributed by atoms with Gasteiger partial charge in [-0.05, 0) is 80.0 Å². The van der Waals surface area contributed by atoms with Crippen LogP contribution in [-0.2, 0) is 9.84 Å². The lowest BCUT2D eigenvalue weighted by Crippen LogP contribution is -2.25. The Morgan fingerprint density at radius 1 is 1.00 bits per heavy atom. The van der Waals surface area contributed by atoms with E-state index in [2.05, 4.69) is 20.3 Å². The SMILES string of the molecule is CS(=O)(=O)c1ccc(-c2cccn3nc(Nc4ccc(OCCN5CCCC5)cc4)nc23)cc1. The van der Waals surface area contributed by atoms with Gasteiger partial charge in [0.15, 0.2) is 15.5 Å². The van der Waals surface area contributed by atoms with Gasteiger partial charge in [-0.3, -0.25) is 4.90 Å². The lowest BCUT2D eigenvalue weighted by Gasteiger charge is -2.15.